The van der Waals surface area contributed by atoms with Gasteiger partial charge in [0.15, 0.2) is 0 Å². The van der Waals surface area contributed by atoms with E-state index in [0.29, 0.717) is 11.4 Å². The zero-order valence-corrected chi connectivity index (χ0v) is 7.25. The van der Waals surface area contributed by atoms with Gasteiger partial charge in [-0.2, -0.15) is 0 Å². The third-order valence-electron chi connectivity index (χ3n) is 1.51. The van der Waals surface area contributed by atoms with Crippen molar-refractivity contribution >= 4 is 11.6 Å². The Bertz CT molecular complexity index is 301. The Kier molecular flexibility index (Phi) is 3.16. The summed E-state index contributed by atoms with van der Waals surface area (Å²) in [5, 5.41) is 9.79. The Morgan fingerprint density at radius 1 is 1.58 bits per heavy atom. The van der Waals surface area contributed by atoms with Crippen LogP contribution in [-0.4, -0.2) is 11.2 Å². The van der Waals surface area contributed by atoms with Gasteiger partial charge < -0.3 is 5.11 Å². The van der Waals surface area contributed by atoms with Gasteiger partial charge in [0, 0.05) is 11.4 Å². The van der Waals surface area contributed by atoms with Crippen LogP contribution >= 0.6 is 11.6 Å². The quantitative estimate of drug-likeness (QED) is 0.690. The average molecular weight is 181 g/mol. The van der Waals surface area contributed by atoms with E-state index >= 15 is 0 Å². The third-order valence-corrected chi connectivity index (χ3v) is 1.75. The largest absolute Gasteiger partial charge is 0.380 e. The number of aliphatic hydroxyl groups is 1. The van der Waals surface area contributed by atoms with Crippen LogP contribution in [0.3, 0.4) is 0 Å². The van der Waals surface area contributed by atoms with E-state index in [1.807, 2.05) is 12.1 Å². The topological polar surface area (TPSA) is 20.2 Å². The first-order valence-corrected chi connectivity index (χ1v) is 3.99. The molecule has 0 fully saturated rings. The molecule has 1 rings (SSSR count). The van der Waals surface area contributed by atoms with Crippen molar-refractivity contribution in [1.82, 2.24) is 0 Å². The molecule has 0 aromatic heterocycles. The first-order valence-electron chi connectivity index (χ1n) is 3.61. The molecule has 1 atom stereocenters. The number of benzene rings is 1. The summed E-state index contributed by atoms with van der Waals surface area (Å²) < 4.78 is 0. The Morgan fingerprint density at radius 2 is 2.33 bits per heavy atom. The smallest absolute Gasteiger partial charge is 0.118 e. The van der Waals surface area contributed by atoms with Gasteiger partial charge in [-0.15, -0.1) is 6.42 Å². The highest BCUT2D eigenvalue weighted by molar-refractivity contribution is 6.30. The number of aliphatic hydroxyl groups excluding tert-OH is 1. The molecule has 1 aromatic rings. The molecule has 0 spiro atoms. The van der Waals surface area contributed by atoms with Crippen molar-refractivity contribution in [3.8, 4) is 12.3 Å². The summed E-state index contributed by atoms with van der Waals surface area (Å²) in [5.74, 6) is 2.25. The van der Waals surface area contributed by atoms with Gasteiger partial charge in [0.05, 0.1) is 0 Å². The lowest BCUT2D eigenvalue weighted by molar-refractivity contribution is 0.233. The number of hydrogen-bond acceptors (Lipinski definition) is 1. The summed E-state index contributed by atoms with van der Waals surface area (Å²) in [6, 6.07) is 7.29. The van der Waals surface area contributed by atoms with E-state index < -0.39 is 6.10 Å². The molecule has 0 aliphatic heterocycles. The van der Waals surface area contributed by atoms with Crippen molar-refractivity contribution < 1.29 is 5.11 Å². The van der Waals surface area contributed by atoms with Crippen LogP contribution in [0.15, 0.2) is 24.3 Å². The van der Waals surface area contributed by atoms with Crippen molar-refractivity contribution in [2.75, 3.05) is 0 Å². The first kappa shape index (κ1) is 9.12. The first-order chi connectivity index (χ1) is 5.72. The minimum Gasteiger partial charge on any atom is -0.380 e. The summed E-state index contributed by atoms with van der Waals surface area (Å²) in [4.78, 5) is 0. The van der Waals surface area contributed by atoms with E-state index in [-0.39, 0.29) is 0 Å². The van der Waals surface area contributed by atoms with Gasteiger partial charge in [-0.25, -0.2) is 0 Å². The molecule has 62 valence electrons. The van der Waals surface area contributed by atoms with Crippen molar-refractivity contribution in [3.05, 3.63) is 34.9 Å². The molecule has 0 bridgehead atoms. The van der Waals surface area contributed by atoms with Gasteiger partial charge in [0.1, 0.15) is 6.10 Å². The fourth-order valence-corrected chi connectivity index (χ4v) is 1.16. The van der Waals surface area contributed by atoms with E-state index in [1.54, 1.807) is 12.1 Å². The molecule has 0 amide bonds. The van der Waals surface area contributed by atoms with Crippen LogP contribution in [0, 0.1) is 12.3 Å². The van der Waals surface area contributed by atoms with Crippen LogP contribution in [-0.2, 0) is 6.42 Å². The summed E-state index contributed by atoms with van der Waals surface area (Å²) in [5.41, 5.74) is 0.952. The predicted molar refractivity (Wildman–Crippen MR) is 50.0 cm³/mol. The number of terminal acetylenes is 1. The molecule has 0 radical (unpaired) electrons. The minimum absolute atomic E-state index is 0.455. The Balaban J connectivity index is 2.71. The zero-order chi connectivity index (χ0) is 8.97. The summed E-state index contributed by atoms with van der Waals surface area (Å²) in [6.07, 6.45) is 4.76. The maximum Gasteiger partial charge on any atom is 0.118 e. The summed E-state index contributed by atoms with van der Waals surface area (Å²) in [6.45, 7) is 0. The molecule has 1 nitrogen and oxygen atoms in total. The SMILES string of the molecule is C#CC(O)Cc1cccc(Cl)c1. The van der Waals surface area contributed by atoms with Gasteiger partial charge in [-0.1, -0.05) is 29.7 Å². The van der Waals surface area contributed by atoms with Crippen LogP contribution in [0.25, 0.3) is 0 Å². The minimum atomic E-state index is -0.719. The van der Waals surface area contributed by atoms with Gasteiger partial charge in [-0.3, -0.25) is 0 Å². The highest BCUT2D eigenvalue weighted by Gasteiger charge is 2.00. The monoisotopic (exact) mass is 180 g/mol. The lowest BCUT2D eigenvalue weighted by atomic mass is 10.1. The molecule has 12 heavy (non-hydrogen) atoms. The molecule has 0 saturated heterocycles. The van der Waals surface area contributed by atoms with E-state index in [4.69, 9.17) is 23.1 Å². The van der Waals surface area contributed by atoms with Crippen LogP contribution in [0.5, 0.6) is 0 Å². The number of hydrogen-bond donors (Lipinski definition) is 1. The molecule has 1 aromatic carbocycles. The number of halogens is 1. The zero-order valence-electron chi connectivity index (χ0n) is 6.50. The molecular weight excluding hydrogens is 172 g/mol. The van der Waals surface area contributed by atoms with Gasteiger partial charge in [0.2, 0.25) is 0 Å². The van der Waals surface area contributed by atoms with Gasteiger partial charge >= 0.3 is 0 Å². The lowest BCUT2D eigenvalue weighted by Gasteiger charge is -2.02. The molecule has 0 heterocycles. The Labute approximate surface area is 77.0 Å². The fourth-order valence-electron chi connectivity index (χ4n) is 0.946. The molecule has 0 aliphatic carbocycles. The molecule has 1 N–H and O–H groups in total. The highest BCUT2D eigenvalue weighted by Crippen LogP contribution is 2.11. The van der Waals surface area contributed by atoms with E-state index in [0.717, 1.165) is 5.56 Å². The average Bonchev–Trinajstić information content (AvgIpc) is 2.04. The van der Waals surface area contributed by atoms with Gasteiger partial charge in [-0.05, 0) is 17.7 Å². The summed E-state index contributed by atoms with van der Waals surface area (Å²) >= 11 is 5.74. The van der Waals surface area contributed by atoms with Crippen LogP contribution in [0.1, 0.15) is 5.56 Å². The van der Waals surface area contributed by atoms with E-state index in [2.05, 4.69) is 5.92 Å². The highest BCUT2D eigenvalue weighted by atomic mass is 35.5. The number of rotatable bonds is 2. The second-order valence-corrected chi connectivity index (χ2v) is 2.95. The van der Waals surface area contributed by atoms with E-state index in [1.165, 1.54) is 0 Å². The second-order valence-electron chi connectivity index (χ2n) is 2.52. The molecule has 0 saturated carbocycles. The van der Waals surface area contributed by atoms with Crippen molar-refractivity contribution in [1.29, 1.82) is 0 Å². The van der Waals surface area contributed by atoms with Crippen molar-refractivity contribution in [3.63, 3.8) is 0 Å². The van der Waals surface area contributed by atoms with Crippen LogP contribution in [0.2, 0.25) is 5.02 Å². The Morgan fingerprint density at radius 3 is 2.92 bits per heavy atom. The molecular formula is C10H9ClO. The molecule has 1 unspecified atom stereocenters. The lowest BCUT2D eigenvalue weighted by Crippen LogP contribution is -2.06. The van der Waals surface area contributed by atoms with Crippen molar-refractivity contribution in [2.24, 2.45) is 0 Å². The van der Waals surface area contributed by atoms with E-state index in [9.17, 15) is 0 Å². The Hall–Kier alpha value is -0.970. The standard InChI is InChI=1S/C10H9ClO/c1-2-10(12)7-8-4-3-5-9(11)6-8/h1,3-6,10,12H,7H2. The van der Waals surface area contributed by atoms with Gasteiger partial charge in [0.25, 0.3) is 0 Å². The van der Waals surface area contributed by atoms with Crippen LogP contribution in [0.4, 0.5) is 0 Å². The maximum absolute atomic E-state index is 9.12. The predicted octanol–water partition coefficient (Wildman–Crippen LogP) is 1.88. The van der Waals surface area contributed by atoms with Crippen molar-refractivity contribution in [2.45, 2.75) is 12.5 Å². The molecule has 0 aliphatic rings. The third kappa shape index (κ3) is 2.58. The summed E-state index contributed by atoms with van der Waals surface area (Å²) in [7, 11) is 0. The second kappa shape index (κ2) is 4.15. The normalized spacial score (nSPS) is 12.1. The van der Waals surface area contributed by atoms with Crippen LogP contribution < -0.4 is 0 Å². The maximum atomic E-state index is 9.12. The molecule has 2 heteroatoms. The fraction of sp³-hybridized carbons (Fsp3) is 0.200.